The van der Waals surface area contributed by atoms with Crippen molar-refractivity contribution in [2.45, 2.75) is 6.92 Å². The lowest BCUT2D eigenvalue weighted by Crippen LogP contribution is -2.33. The number of hydrogen-bond acceptors (Lipinski definition) is 2. The van der Waals surface area contributed by atoms with Gasteiger partial charge in [-0.05, 0) is 70.3 Å². The van der Waals surface area contributed by atoms with Crippen LogP contribution in [0.1, 0.15) is 17.3 Å². The summed E-state index contributed by atoms with van der Waals surface area (Å²) >= 11 is 5.59. The maximum Gasteiger partial charge on any atom is 0.252 e. The van der Waals surface area contributed by atoms with Gasteiger partial charge in [-0.25, -0.2) is 0 Å². The highest BCUT2D eigenvalue weighted by Gasteiger charge is 2.09. The quantitative estimate of drug-likeness (QED) is 0.757. The number of benzene rings is 1. The molecule has 0 atom stereocenters. The highest BCUT2D eigenvalue weighted by atomic mass is 127. The van der Waals surface area contributed by atoms with E-state index in [0.717, 1.165) is 21.1 Å². The molecule has 0 aliphatic carbocycles. The van der Waals surface area contributed by atoms with E-state index >= 15 is 0 Å². The molecular weight excluding hydrogens is 395 g/mol. The Hall–Kier alpha value is -0.140. The maximum atomic E-state index is 11.9. The Balaban J connectivity index is 2.55. The first-order valence-electron chi connectivity index (χ1n) is 5.46. The molecule has 3 nitrogen and oxygen atoms in total. The van der Waals surface area contributed by atoms with Crippen LogP contribution < -0.4 is 5.32 Å². The zero-order valence-corrected chi connectivity index (χ0v) is 13.7. The van der Waals surface area contributed by atoms with Crippen LogP contribution in [0.25, 0.3) is 0 Å². The van der Waals surface area contributed by atoms with Crippen molar-refractivity contribution in [3.8, 4) is 0 Å². The third-order valence-electron chi connectivity index (χ3n) is 2.49. The van der Waals surface area contributed by atoms with E-state index in [9.17, 15) is 4.79 Å². The fourth-order valence-electron chi connectivity index (χ4n) is 1.29. The first-order valence-corrected chi connectivity index (χ1v) is 7.33. The second-order valence-electron chi connectivity index (χ2n) is 3.78. The SMILES string of the molecule is CCN(C)CCNC(=O)c1cc(I)ccc1Br. The van der Waals surface area contributed by atoms with Gasteiger partial charge in [0.05, 0.1) is 5.56 Å². The van der Waals surface area contributed by atoms with E-state index in [1.54, 1.807) is 0 Å². The molecule has 1 aromatic rings. The summed E-state index contributed by atoms with van der Waals surface area (Å²) in [4.78, 5) is 14.1. The molecule has 0 spiro atoms. The molecule has 0 radical (unpaired) electrons. The average Bonchev–Trinajstić information content (AvgIpc) is 2.31. The standard InChI is InChI=1S/C12H16BrIN2O/c1-3-16(2)7-6-15-12(17)10-8-9(14)4-5-11(10)13/h4-5,8H,3,6-7H2,1-2H3,(H,15,17). The Morgan fingerprint density at radius 2 is 2.24 bits per heavy atom. The Morgan fingerprint density at radius 1 is 1.53 bits per heavy atom. The predicted molar refractivity (Wildman–Crippen MR) is 82.4 cm³/mol. The normalized spacial score (nSPS) is 10.6. The van der Waals surface area contributed by atoms with Crippen molar-refractivity contribution in [1.82, 2.24) is 10.2 Å². The van der Waals surface area contributed by atoms with Gasteiger partial charge in [0.1, 0.15) is 0 Å². The minimum Gasteiger partial charge on any atom is -0.351 e. The number of nitrogens with zero attached hydrogens (tertiary/aromatic N) is 1. The van der Waals surface area contributed by atoms with Gasteiger partial charge in [0.25, 0.3) is 5.91 Å². The summed E-state index contributed by atoms with van der Waals surface area (Å²) in [7, 11) is 2.04. The molecule has 1 amide bonds. The van der Waals surface area contributed by atoms with Gasteiger partial charge in [0.2, 0.25) is 0 Å². The predicted octanol–water partition coefficient (Wildman–Crippen LogP) is 2.74. The summed E-state index contributed by atoms with van der Waals surface area (Å²) in [5.41, 5.74) is 0.691. The molecule has 0 bridgehead atoms. The zero-order chi connectivity index (χ0) is 12.8. The van der Waals surface area contributed by atoms with E-state index in [2.05, 4.69) is 55.7 Å². The van der Waals surface area contributed by atoms with Gasteiger partial charge in [-0.2, -0.15) is 0 Å². The third kappa shape index (κ3) is 4.93. The minimum absolute atomic E-state index is 0.0279. The van der Waals surface area contributed by atoms with E-state index in [1.165, 1.54) is 0 Å². The fraction of sp³-hybridized carbons (Fsp3) is 0.417. The molecule has 5 heteroatoms. The molecule has 1 aromatic carbocycles. The average molecular weight is 411 g/mol. The molecule has 0 saturated heterocycles. The van der Waals surface area contributed by atoms with Crippen LogP contribution in [-0.4, -0.2) is 37.5 Å². The van der Waals surface area contributed by atoms with E-state index in [4.69, 9.17) is 0 Å². The summed E-state index contributed by atoms with van der Waals surface area (Å²) < 4.78 is 1.89. The molecule has 1 rings (SSSR count). The van der Waals surface area contributed by atoms with Crippen molar-refractivity contribution in [1.29, 1.82) is 0 Å². The third-order valence-corrected chi connectivity index (χ3v) is 3.85. The molecule has 0 unspecified atom stereocenters. The monoisotopic (exact) mass is 410 g/mol. The molecule has 1 N–H and O–H groups in total. The summed E-state index contributed by atoms with van der Waals surface area (Å²) in [6.07, 6.45) is 0. The van der Waals surface area contributed by atoms with Gasteiger partial charge in [-0.3, -0.25) is 4.79 Å². The van der Waals surface area contributed by atoms with Crippen LogP contribution in [0.2, 0.25) is 0 Å². The molecule has 0 aliphatic heterocycles. The minimum atomic E-state index is -0.0279. The number of likely N-dealkylation sites (N-methyl/N-ethyl adjacent to an activating group) is 1. The van der Waals surface area contributed by atoms with Crippen LogP contribution in [0, 0.1) is 3.57 Å². The molecule has 0 fully saturated rings. The van der Waals surface area contributed by atoms with E-state index in [-0.39, 0.29) is 5.91 Å². The number of halogens is 2. The number of nitrogens with one attached hydrogen (secondary N) is 1. The Bertz CT molecular complexity index is 398. The highest BCUT2D eigenvalue weighted by molar-refractivity contribution is 14.1. The lowest BCUT2D eigenvalue weighted by atomic mass is 10.2. The molecule has 94 valence electrons. The number of hydrogen-bond donors (Lipinski definition) is 1. The van der Waals surface area contributed by atoms with Crippen molar-refractivity contribution < 1.29 is 4.79 Å². The summed E-state index contributed by atoms with van der Waals surface area (Å²) in [5.74, 6) is -0.0279. The molecule has 0 aliphatic rings. The van der Waals surface area contributed by atoms with Crippen molar-refractivity contribution >= 4 is 44.4 Å². The Kier molecular flexibility index (Phi) is 6.43. The van der Waals surface area contributed by atoms with E-state index < -0.39 is 0 Å². The van der Waals surface area contributed by atoms with Crippen LogP contribution in [-0.2, 0) is 0 Å². The van der Waals surface area contributed by atoms with Gasteiger partial charge >= 0.3 is 0 Å². The fourth-order valence-corrected chi connectivity index (χ4v) is 2.20. The van der Waals surface area contributed by atoms with E-state index in [1.807, 2.05) is 25.2 Å². The van der Waals surface area contributed by atoms with Crippen molar-refractivity contribution in [3.63, 3.8) is 0 Å². The van der Waals surface area contributed by atoms with Crippen LogP contribution in [0.4, 0.5) is 0 Å². The lowest BCUT2D eigenvalue weighted by Gasteiger charge is -2.14. The first kappa shape index (κ1) is 14.9. The highest BCUT2D eigenvalue weighted by Crippen LogP contribution is 2.19. The van der Waals surface area contributed by atoms with Gasteiger partial charge in [-0.15, -0.1) is 0 Å². The van der Waals surface area contributed by atoms with Gasteiger partial charge < -0.3 is 10.2 Å². The molecule has 17 heavy (non-hydrogen) atoms. The largest absolute Gasteiger partial charge is 0.351 e. The van der Waals surface area contributed by atoms with Crippen molar-refractivity contribution in [2.75, 3.05) is 26.7 Å². The summed E-state index contributed by atoms with van der Waals surface area (Å²) in [5, 5.41) is 2.92. The topological polar surface area (TPSA) is 32.3 Å². The van der Waals surface area contributed by atoms with Gasteiger partial charge in [0.15, 0.2) is 0 Å². The molecular formula is C12H16BrIN2O. The van der Waals surface area contributed by atoms with Crippen LogP contribution in [0.3, 0.4) is 0 Å². The van der Waals surface area contributed by atoms with Gasteiger partial charge in [-0.1, -0.05) is 6.92 Å². The number of carbonyl (C=O) groups excluding carboxylic acids is 1. The smallest absolute Gasteiger partial charge is 0.252 e. The Morgan fingerprint density at radius 3 is 2.88 bits per heavy atom. The zero-order valence-electron chi connectivity index (χ0n) is 9.96. The number of carbonyl (C=O) groups is 1. The van der Waals surface area contributed by atoms with Crippen LogP contribution in [0.15, 0.2) is 22.7 Å². The van der Waals surface area contributed by atoms with E-state index in [0.29, 0.717) is 12.1 Å². The second-order valence-corrected chi connectivity index (χ2v) is 5.88. The maximum absolute atomic E-state index is 11.9. The summed E-state index contributed by atoms with van der Waals surface area (Å²) in [6, 6.07) is 5.74. The van der Waals surface area contributed by atoms with Gasteiger partial charge in [0, 0.05) is 21.1 Å². The van der Waals surface area contributed by atoms with Crippen LogP contribution in [0.5, 0.6) is 0 Å². The number of rotatable bonds is 5. The number of amides is 1. The first-order chi connectivity index (χ1) is 8.04. The Labute approximate surface area is 124 Å². The van der Waals surface area contributed by atoms with Crippen LogP contribution >= 0.6 is 38.5 Å². The lowest BCUT2D eigenvalue weighted by molar-refractivity contribution is 0.0949. The van der Waals surface area contributed by atoms with Crippen molar-refractivity contribution in [2.24, 2.45) is 0 Å². The molecule has 0 aromatic heterocycles. The molecule has 0 heterocycles. The van der Waals surface area contributed by atoms with Crippen molar-refractivity contribution in [3.05, 3.63) is 31.8 Å². The molecule has 0 saturated carbocycles. The second kappa shape index (κ2) is 7.33. The summed E-state index contributed by atoms with van der Waals surface area (Å²) in [6.45, 7) is 4.62.